The maximum Gasteiger partial charge on any atom is 0.367 e. The van der Waals surface area contributed by atoms with Crippen molar-refractivity contribution in [3.63, 3.8) is 0 Å². The lowest BCUT2D eigenvalue weighted by atomic mass is 10.5. The third kappa shape index (κ3) is 3.13. The van der Waals surface area contributed by atoms with Crippen molar-refractivity contribution in [3.8, 4) is 0 Å². The summed E-state index contributed by atoms with van der Waals surface area (Å²) in [4.78, 5) is 25.5. The standard InChI is InChI=1S/C10H10N4O4S/c1-2-18-10(15)9-12-7(6-19-9)4-13-5-8(3-11-13)14(16)17/h3,5-6H,2,4H2,1H3. The van der Waals surface area contributed by atoms with Crippen molar-refractivity contribution in [2.75, 3.05) is 6.61 Å². The van der Waals surface area contributed by atoms with Crippen molar-refractivity contribution in [1.29, 1.82) is 0 Å². The number of nitrogens with zero attached hydrogens (tertiary/aromatic N) is 4. The van der Waals surface area contributed by atoms with Crippen molar-refractivity contribution < 1.29 is 14.5 Å². The summed E-state index contributed by atoms with van der Waals surface area (Å²) in [5.74, 6) is -0.467. The summed E-state index contributed by atoms with van der Waals surface area (Å²) in [5.41, 5.74) is 0.520. The maximum atomic E-state index is 11.4. The molecule has 0 atom stereocenters. The van der Waals surface area contributed by atoms with Crippen LogP contribution in [0.1, 0.15) is 22.4 Å². The number of carbonyl (C=O) groups is 1. The topological polar surface area (TPSA) is 100 Å². The van der Waals surface area contributed by atoms with E-state index in [0.29, 0.717) is 12.3 Å². The molecule has 2 aromatic heterocycles. The maximum absolute atomic E-state index is 11.4. The lowest BCUT2D eigenvalue weighted by molar-refractivity contribution is -0.385. The molecule has 0 aromatic carbocycles. The van der Waals surface area contributed by atoms with Gasteiger partial charge in [0.2, 0.25) is 5.01 Å². The van der Waals surface area contributed by atoms with Crippen LogP contribution in [0.4, 0.5) is 5.69 Å². The molecule has 0 bridgehead atoms. The van der Waals surface area contributed by atoms with Crippen LogP contribution < -0.4 is 0 Å². The number of thiazole rings is 1. The van der Waals surface area contributed by atoms with Gasteiger partial charge >= 0.3 is 11.7 Å². The number of hydrogen-bond acceptors (Lipinski definition) is 7. The number of esters is 1. The van der Waals surface area contributed by atoms with Gasteiger partial charge in [-0.2, -0.15) is 5.10 Å². The molecule has 0 N–H and O–H groups in total. The molecule has 2 rings (SSSR count). The fourth-order valence-electron chi connectivity index (χ4n) is 1.37. The van der Waals surface area contributed by atoms with Gasteiger partial charge in [0.15, 0.2) is 0 Å². The molecule has 2 aromatic rings. The first-order valence-electron chi connectivity index (χ1n) is 5.38. The molecule has 9 heteroatoms. The lowest BCUT2D eigenvalue weighted by Crippen LogP contribution is -2.05. The normalized spacial score (nSPS) is 10.4. The van der Waals surface area contributed by atoms with E-state index in [2.05, 4.69) is 10.1 Å². The van der Waals surface area contributed by atoms with Crippen molar-refractivity contribution in [2.24, 2.45) is 0 Å². The first-order chi connectivity index (χ1) is 9.10. The van der Waals surface area contributed by atoms with E-state index in [4.69, 9.17) is 4.74 Å². The van der Waals surface area contributed by atoms with E-state index in [0.717, 1.165) is 0 Å². The Hall–Kier alpha value is -2.29. The van der Waals surface area contributed by atoms with Gasteiger partial charge in [-0.15, -0.1) is 11.3 Å². The van der Waals surface area contributed by atoms with Crippen LogP contribution in [-0.2, 0) is 11.3 Å². The van der Waals surface area contributed by atoms with E-state index in [1.54, 1.807) is 12.3 Å². The van der Waals surface area contributed by atoms with Crippen LogP contribution in [0.3, 0.4) is 0 Å². The molecule has 100 valence electrons. The second kappa shape index (κ2) is 5.57. The van der Waals surface area contributed by atoms with Crippen molar-refractivity contribution in [1.82, 2.24) is 14.8 Å². The van der Waals surface area contributed by atoms with Gasteiger partial charge in [0.25, 0.3) is 0 Å². The Kier molecular flexibility index (Phi) is 3.85. The van der Waals surface area contributed by atoms with Crippen molar-refractivity contribution >= 4 is 23.0 Å². The van der Waals surface area contributed by atoms with Crippen molar-refractivity contribution in [2.45, 2.75) is 13.5 Å². The summed E-state index contributed by atoms with van der Waals surface area (Å²) in [6.45, 7) is 2.28. The third-order valence-corrected chi connectivity index (χ3v) is 3.03. The van der Waals surface area contributed by atoms with Crippen LogP contribution in [0.2, 0.25) is 0 Å². The summed E-state index contributed by atoms with van der Waals surface area (Å²) in [6, 6.07) is 0. The van der Waals surface area contributed by atoms with E-state index >= 15 is 0 Å². The highest BCUT2D eigenvalue weighted by Crippen LogP contribution is 2.14. The van der Waals surface area contributed by atoms with Gasteiger partial charge in [-0.3, -0.25) is 14.8 Å². The molecule has 8 nitrogen and oxygen atoms in total. The van der Waals surface area contributed by atoms with Crippen LogP contribution in [-0.4, -0.2) is 32.3 Å². The minimum Gasteiger partial charge on any atom is -0.461 e. The lowest BCUT2D eigenvalue weighted by Gasteiger charge is -1.97. The van der Waals surface area contributed by atoms with E-state index in [-0.39, 0.29) is 17.2 Å². The van der Waals surface area contributed by atoms with Gasteiger partial charge < -0.3 is 4.74 Å². The fourth-order valence-corrected chi connectivity index (χ4v) is 2.07. The number of ether oxygens (including phenoxy) is 1. The first-order valence-corrected chi connectivity index (χ1v) is 6.26. The summed E-state index contributed by atoms with van der Waals surface area (Å²) >= 11 is 1.17. The van der Waals surface area contributed by atoms with E-state index in [1.807, 2.05) is 0 Å². The van der Waals surface area contributed by atoms with Gasteiger partial charge in [0.1, 0.15) is 12.4 Å². The molecule has 0 spiro atoms. The molecule has 0 aliphatic heterocycles. The molecule has 0 radical (unpaired) electrons. The molecule has 0 amide bonds. The molecular weight excluding hydrogens is 272 g/mol. The zero-order valence-corrected chi connectivity index (χ0v) is 10.8. The molecule has 0 saturated carbocycles. The van der Waals surface area contributed by atoms with Crippen LogP contribution in [0.15, 0.2) is 17.8 Å². The minimum atomic E-state index is -0.519. The average molecular weight is 282 g/mol. The molecule has 0 fully saturated rings. The Morgan fingerprint density at radius 3 is 3.05 bits per heavy atom. The number of rotatable bonds is 5. The van der Waals surface area contributed by atoms with E-state index in [1.165, 1.54) is 28.4 Å². The summed E-state index contributed by atoms with van der Waals surface area (Å²) in [5, 5.41) is 16.3. The van der Waals surface area contributed by atoms with Crippen molar-refractivity contribution in [3.05, 3.63) is 38.6 Å². The molecule has 0 unspecified atom stereocenters. The highest BCUT2D eigenvalue weighted by atomic mass is 32.1. The summed E-state index contributed by atoms with van der Waals surface area (Å²) in [7, 11) is 0. The SMILES string of the molecule is CCOC(=O)c1nc(Cn2cc([N+](=O)[O-])cn2)cs1. The smallest absolute Gasteiger partial charge is 0.367 e. The average Bonchev–Trinajstić information content (AvgIpc) is 2.99. The molecule has 0 aliphatic carbocycles. The molecule has 19 heavy (non-hydrogen) atoms. The van der Waals surface area contributed by atoms with E-state index in [9.17, 15) is 14.9 Å². The first kappa shape index (κ1) is 13.1. The zero-order chi connectivity index (χ0) is 13.8. The predicted molar refractivity (Wildman–Crippen MR) is 66.1 cm³/mol. The van der Waals surface area contributed by atoms with Gasteiger partial charge in [0, 0.05) is 5.38 Å². The van der Waals surface area contributed by atoms with Gasteiger partial charge in [-0.05, 0) is 6.92 Å². The Morgan fingerprint density at radius 1 is 1.63 bits per heavy atom. The van der Waals surface area contributed by atoms with Crippen LogP contribution in [0.5, 0.6) is 0 Å². The number of hydrogen-bond donors (Lipinski definition) is 0. The molecule has 0 saturated heterocycles. The van der Waals surface area contributed by atoms with E-state index < -0.39 is 10.9 Å². The molecule has 2 heterocycles. The predicted octanol–water partition coefficient (Wildman–Crippen LogP) is 1.47. The number of nitro groups is 1. The Bertz CT molecular complexity index is 606. The highest BCUT2D eigenvalue weighted by Gasteiger charge is 2.14. The minimum absolute atomic E-state index is 0.0826. The van der Waals surface area contributed by atoms with Crippen LogP contribution in [0, 0.1) is 10.1 Å². The molecule has 0 aliphatic rings. The zero-order valence-electron chi connectivity index (χ0n) is 9.98. The summed E-state index contributed by atoms with van der Waals surface area (Å²) < 4.78 is 6.22. The monoisotopic (exact) mass is 282 g/mol. The Morgan fingerprint density at radius 2 is 2.42 bits per heavy atom. The number of carbonyl (C=O) groups excluding carboxylic acids is 1. The quantitative estimate of drug-likeness (QED) is 0.467. The van der Waals surface area contributed by atoms with Crippen LogP contribution >= 0.6 is 11.3 Å². The highest BCUT2D eigenvalue weighted by molar-refractivity contribution is 7.11. The Balaban J connectivity index is 2.06. The third-order valence-electron chi connectivity index (χ3n) is 2.16. The van der Waals surface area contributed by atoms with Gasteiger partial charge in [-0.25, -0.2) is 9.78 Å². The molecular formula is C10H10N4O4S. The van der Waals surface area contributed by atoms with Crippen LogP contribution in [0.25, 0.3) is 0 Å². The van der Waals surface area contributed by atoms with Gasteiger partial charge in [0.05, 0.1) is 23.8 Å². The summed E-state index contributed by atoms with van der Waals surface area (Å²) in [6.07, 6.45) is 2.47. The fraction of sp³-hybridized carbons (Fsp3) is 0.300. The largest absolute Gasteiger partial charge is 0.461 e. The van der Waals surface area contributed by atoms with Gasteiger partial charge in [-0.1, -0.05) is 0 Å². The second-order valence-electron chi connectivity index (χ2n) is 3.52. The Labute approximate surface area is 111 Å². The number of aromatic nitrogens is 3. The second-order valence-corrected chi connectivity index (χ2v) is 4.38.